The predicted octanol–water partition coefficient (Wildman–Crippen LogP) is 3.16. The highest BCUT2D eigenvalue weighted by Gasteiger charge is 2.00. The summed E-state index contributed by atoms with van der Waals surface area (Å²) in [4.78, 5) is 3.18. The van der Waals surface area contributed by atoms with Gasteiger partial charge in [0.2, 0.25) is 0 Å². The molecular formula is C10H11NS. The molecule has 0 aliphatic rings. The van der Waals surface area contributed by atoms with Crippen LogP contribution in [0.3, 0.4) is 0 Å². The maximum Gasteiger partial charge on any atom is 0.0457 e. The van der Waals surface area contributed by atoms with Crippen molar-refractivity contribution in [3.05, 3.63) is 36.0 Å². The van der Waals surface area contributed by atoms with Crippen LogP contribution in [0.5, 0.6) is 0 Å². The average molecular weight is 177 g/mol. The highest BCUT2D eigenvalue weighted by atomic mass is 32.1. The average Bonchev–Trinajstić information content (AvgIpc) is 2.49. The van der Waals surface area contributed by atoms with E-state index in [0.717, 1.165) is 0 Å². The lowest BCUT2D eigenvalue weighted by atomic mass is 10.1. The van der Waals surface area contributed by atoms with E-state index in [1.807, 2.05) is 6.20 Å². The summed E-state index contributed by atoms with van der Waals surface area (Å²) in [5.74, 6) is 0. The summed E-state index contributed by atoms with van der Waals surface area (Å²) < 4.78 is 0. The molecule has 0 saturated heterocycles. The molecule has 0 saturated carbocycles. The molecule has 1 aromatic heterocycles. The summed E-state index contributed by atoms with van der Waals surface area (Å²) in [6.45, 7) is 2.08. The fourth-order valence-corrected chi connectivity index (χ4v) is 1.49. The van der Waals surface area contributed by atoms with Crippen LogP contribution in [-0.2, 0) is 0 Å². The maximum absolute atomic E-state index is 4.38. The van der Waals surface area contributed by atoms with Crippen molar-refractivity contribution in [1.29, 1.82) is 0 Å². The van der Waals surface area contributed by atoms with E-state index in [-0.39, 0.29) is 0 Å². The molecule has 1 aromatic carbocycles. The van der Waals surface area contributed by atoms with Gasteiger partial charge in [-0.2, -0.15) is 12.6 Å². The normalized spacial score (nSPS) is 13.5. The maximum atomic E-state index is 4.38. The second kappa shape index (κ2) is 2.87. The van der Waals surface area contributed by atoms with Crippen LogP contribution < -0.4 is 0 Å². The number of H-pyrrole nitrogens is 1. The summed E-state index contributed by atoms with van der Waals surface area (Å²) in [5, 5.41) is 1.56. The molecule has 1 nitrogen and oxygen atoms in total. The third-order valence-corrected chi connectivity index (χ3v) is 2.36. The molecule has 0 bridgehead atoms. The van der Waals surface area contributed by atoms with Gasteiger partial charge in [-0.15, -0.1) is 0 Å². The van der Waals surface area contributed by atoms with E-state index in [2.05, 4.69) is 48.8 Å². The van der Waals surface area contributed by atoms with Crippen molar-refractivity contribution in [3.8, 4) is 0 Å². The lowest BCUT2D eigenvalue weighted by Gasteiger charge is -2.03. The molecule has 0 aliphatic carbocycles. The van der Waals surface area contributed by atoms with Gasteiger partial charge in [0.1, 0.15) is 0 Å². The first-order chi connectivity index (χ1) is 5.77. The molecule has 2 rings (SSSR count). The van der Waals surface area contributed by atoms with E-state index >= 15 is 0 Å². The molecule has 0 radical (unpaired) electrons. The molecule has 1 heterocycles. The van der Waals surface area contributed by atoms with E-state index < -0.39 is 0 Å². The fourth-order valence-electron chi connectivity index (χ4n) is 1.33. The Hall–Kier alpha value is -0.890. The summed E-state index contributed by atoms with van der Waals surface area (Å²) in [5.41, 5.74) is 2.45. The number of nitrogens with one attached hydrogen (secondary N) is 1. The molecule has 2 aromatic rings. The van der Waals surface area contributed by atoms with Crippen molar-refractivity contribution in [2.45, 2.75) is 12.2 Å². The Morgan fingerprint density at radius 1 is 1.33 bits per heavy atom. The monoisotopic (exact) mass is 177 g/mol. The number of hydrogen-bond donors (Lipinski definition) is 2. The lowest BCUT2D eigenvalue weighted by molar-refractivity contribution is 1.12. The molecule has 0 spiro atoms. The molecule has 1 N–H and O–H groups in total. The number of aromatic amines is 1. The molecule has 62 valence electrons. The highest BCUT2D eigenvalue weighted by molar-refractivity contribution is 7.80. The summed E-state index contributed by atoms with van der Waals surface area (Å²) >= 11 is 4.38. The van der Waals surface area contributed by atoms with Crippen LogP contribution in [0, 0.1) is 0 Å². The Morgan fingerprint density at radius 3 is 2.92 bits per heavy atom. The van der Waals surface area contributed by atoms with Crippen molar-refractivity contribution in [3.63, 3.8) is 0 Å². The lowest BCUT2D eigenvalue weighted by Crippen LogP contribution is -1.82. The first kappa shape index (κ1) is 7.74. The molecule has 0 amide bonds. The van der Waals surface area contributed by atoms with E-state index in [1.54, 1.807) is 0 Å². The zero-order valence-electron chi connectivity index (χ0n) is 6.91. The Morgan fingerprint density at radius 2 is 2.17 bits per heavy atom. The zero-order chi connectivity index (χ0) is 8.55. The largest absolute Gasteiger partial charge is 0.361 e. The number of aromatic nitrogens is 1. The number of thiol groups is 1. The van der Waals surface area contributed by atoms with E-state index in [9.17, 15) is 0 Å². The van der Waals surface area contributed by atoms with Crippen molar-refractivity contribution < 1.29 is 0 Å². The van der Waals surface area contributed by atoms with Gasteiger partial charge in [0.25, 0.3) is 0 Å². The molecular weight excluding hydrogens is 166 g/mol. The van der Waals surface area contributed by atoms with Crippen LogP contribution in [0.15, 0.2) is 30.5 Å². The Labute approximate surface area is 77.2 Å². The van der Waals surface area contributed by atoms with Crippen LogP contribution in [-0.4, -0.2) is 4.98 Å². The van der Waals surface area contributed by atoms with Gasteiger partial charge in [0, 0.05) is 17.0 Å². The molecule has 1 atom stereocenters. The molecule has 2 heteroatoms. The number of benzene rings is 1. The van der Waals surface area contributed by atoms with Gasteiger partial charge in [-0.3, -0.25) is 0 Å². The van der Waals surface area contributed by atoms with Crippen LogP contribution in [0.2, 0.25) is 0 Å². The van der Waals surface area contributed by atoms with Gasteiger partial charge in [-0.25, -0.2) is 0 Å². The van der Waals surface area contributed by atoms with Crippen LogP contribution in [0.1, 0.15) is 17.7 Å². The van der Waals surface area contributed by atoms with Gasteiger partial charge in [-0.05, 0) is 30.0 Å². The minimum absolute atomic E-state index is 0.303. The predicted molar refractivity (Wildman–Crippen MR) is 55.7 cm³/mol. The molecule has 0 aliphatic heterocycles. The van der Waals surface area contributed by atoms with Gasteiger partial charge in [0.05, 0.1) is 0 Å². The number of fused-ring (bicyclic) bond motifs is 1. The quantitative estimate of drug-likeness (QED) is 0.622. The van der Waals surface area contributed by atoms with Crippen LogP contribution >= 0.6 is 12.6 Å². The second-order valence-electron chi connectivity index (χ2n) is 3.00. The van der Waals surface area contributed by atoms with Gasteiger partial charge >= 0.3 is 0 Å². The van der Waals surface area contributed by atoms with Crippen LogP contribution in [0.25, 0.3) is 10.9 Å². The third-order valence-electron chi connectivity index (χ3n) is 2.06. The third kappa shape index (κ3) is 1.23. The van der Waals surface area contributed by atoms with Gasteiger partial charge in [-0.1, -0.05) is 12.1 Å². The van der Waals surface area contributed by atoms with Crippen molar-refractivity contribution in [2.75, 3.05) is 0 Å². The minimum atomic E-state index is 0.303. The molecule has 1 unspecified atom stereocenters. The SMILES string of the molecule is CC(S)c1ccc2cc[nH]c2c1. The second-order valence-corrected chi connectivity index (χ2v) is 3.77. The molecule has 12 heavy (non-hydrogen) atoms. The number of hydrogen-bond acceptors (Lipinski definition) is 1. The number of rotatable bonds is 1. The topological polar surface area (TPSA) is 15.8 Å². The van der Waals surface area contributed by atoms with Gasteiger partial charge < -0.3 is 4.98 Å². The Bertz CT molecular complexity index is 389. The summed E-state index contributed by atoms with van der Waals surface area (Å²) in [6, 6.07) is 8.46. The first-order valence-corrected chi connectivity index (χ1v) is 4.54. The zero-order valence-corrected chi connectivity index (χ0v) is 7.81. The van der Waals surface area contributed by atoms with E-state index in [1.165, 1.54) is 16.5 Å². The summed E-state index contributed by atoms with van der Waals surface area (Å²) in [6.07, 6.45) is 1.96. The molecule has 0 fully saturated rings. The summed E-state index contributed by atoms with van der Waals surface area (Å²) in [7, 11) is 0. The van der Waals surface area contributed by atoms with Crippen molar-refractivity contribution in [2.24, 2.45) is 0 Å². The van der Waals surface area contributed by atoms with Crippen molar-refractivity contribution in [1.82, 2.24) is 4.98 Å². The minimum Gasteiger partial charge on any atom is -0.361 e. The smallest absolute Gasteiger partial charge is 0.0457 e. The Kier molecular flexibility index (Phi) is 1.85. The highest BCUT2D eigenvalue weighted by Crippen LogP contribution is 2.22. The van der Waals surface area contributed by atoms with Crippen molar-refractivity contribution >= 4 is 23.5 Å². The first-order valence-electron chi connectivity index (χ1n) is 4.02. The van der Waals surface area contributed by atoms with Crippen LogP contribution in [0.4, 0.5) is 0 Å². The van der Waals surface area contributed by atoms with E-state index in [0.29, 0.717) is 5.25 Å². The Balaban J connectivity index is 2.60. The standard InChI is InChI=1S/C10H11NS/c1-7(12)9-3-2-8-4-5-11-10(8)6-9/h2-7,11-12H,1H3. The fraction of sp³-hybridized carbons (Fsp3) is 0.200. The van der Waals surface area contributed by atoms with E-state index in [4.69, 9.17) is 0 Å². The van der Waals surface area contributed by atoms with Gasteiger partial charge in [0.15, 0.2) is 0 Å².